The summed E-state index contributed by atoms with van der Waals surface area (Å²) in [6.07, 6.45) is 4.87. The Labute approximate surface area is 103 Å². The lowest BCUT2D eigenvalue weighted by Gasteiger charge is -2.29. The molecule has 2 rings (SSSR count). The summed E-state index contributed by atoms with van der Waals surface area (Å²) in [6, 6.07) is -0.192. The van der Waals surface area contributed by atoms with E-state index in [1.54, 1.807) is 0 Å². The van der Waals surface area contributed by atoms with E-state index < -0.39 is 17.2 Å². The second kappa shape index (κ2) is 5.18. The Balaban J connectivity index is 2.12. The van der Waals surface area contributed by atoms with Crippen molar-refractivity contribution in [2.24, 2.45) is 5.73 Å². The van der Waals surface area contributed by atoms with Gasteiger partial charge in [0, 0.05) is 18.3 Å². The Kier molecular flexibility index (Phi) is 3.61. The highest BCUT2D eigenvalue weighted by Crippen LogP contribution is 2.16. The van der Waals surface area contributed by atoms with Crippen molar-refractivity contribution >= 4 is 5.91 Å². The molecule has 0 radical (unpaired) electrons. The zero-order valence-corrected chi connectivity index (χ0v) is 9.86. The van der Waals surface area contributed by atoms with Crippen molar-refractivity contribution in [2.45, 2.75) is 37.8 Å². The molecule has 1 aromatic heterocycles. The van der Waals surface area contributed by atoms with E-state index >= 15 is 0 Å². The average Bonchev–Trinajstić information content (AvgIpc) is 2.32. The van der Waals surface area contributed by atoms with Crippen LogP contribution in [0.15, 0.2) is 15.8 Å². The molecule has 1 heterocycles. The van der Waals surface area contributed by atoms with Gasteiger partial charge in [-0.25, -0.2) is 4.79 Å². The van der Waals surface area contributed by atoms with Crippen LogP contribution >= 0.6 is 0 Å². The molecule has 1 amide bonds. The number of hydrogen-bond donors (Lipinski definition) is 4. The van der Waals surface area contributed by atoms with Gasteiger partial charge in [-0.15, -0.1) is 0 Å². The summed E-state index contributed by atoms with van der Waals surface area (Å²) < 4.78 is 0. The Hall–Kier alpha value is -1.89. The molecule has 7 heteroatoms. The number of hydrogen-bond acceptors (Lipinski definition) is 4. The van der Waals surface area contributed by atoms with Gasteiger partial charge in [-0.1, -0.05) is 12.8 Å². The molecule has 1 fully saturated rings. The summed E-state index contributed by atoms with van der Waals surface area (Å²) in [4.78, 5) is 38.4. The average molecular weight is 252 g/mol. The third kappa shape index (κ3) is 2.67. The lowest BCUT2D eigenvalue weighted by molar-refractivity contribution is 0.0919. The lowest BCUT2D eigenvalue weighted by Crippen LogP contribution is -2.50. The van der Waals surface area contributed by atoms with E-state index in [0.29, 0.717) is 0 Å². The maximum Gasteiger partial charge on any atom is 0.325 e. The first-order valence-corrected chi connectivity index (χ1v) is 5.96. The molecule has 0 bridgehead atoms. The van der Waals surface area contributed by atoms with Crippen molar-refractivity contribution in [1.82, 2.24) is 15.3 Å². The summed E-state index contributed by atoms with van der Waals surface area (Å²) in [5.41, 5.74) is 4.48. The van der Waals surface area contributed by atoms with Crippen molar-refractivity contribution in [3.8, 4) is 0 Å². The van der Waals surface area contributed by atoms with Gasteiger partial charge in [-0.05, 0) is 12.8 Å². The van der Waals surface area contributed by atoms with Gasteiger partial charge in [0.25, 0.3) is 11.5 Å². The van der Waals surface area contributed by atoms with Gasteiger partial charge in [-0.3, -0.25) is 14.6 Å². The molecule has 1 aliphatic rings. The van der Waals surface area contributed by atoms with Crippen molar-refractivity contribution in [3.63, 3.8) is 0 Å². The third-order valence-electron chi connectivity index (χ3n) is 3.20. The SMILES string of the molecule is N[C@@H]1CCCC[C@H]1NC(=O)c1c[nH]c(=O)[nH]c1=O. The number of H-pyrrole nitrogens is 2. The van der Waals surface area contributed by atoms with Crippen LogP contribution in [-0.4, -0.2) is 28.0 Å². The summed E-state index contributed by atoms with van der Waals surface area (Å²) in [6.45, 7) is 0. The molecule has 0 aromatic carbocycles. The molecule has 5 N–H and O–H groups in total. The predicted molar refractivity (Wildman–Crippen MR) is 65.4 cm³/mol. The molecule has 1 aromatic rings. The van der Waals surface area contributed by atoms with Gasteiger partial charge in [0.05, 0.1) is 0 Å². The Morgan fingerprint density at radius 3 is 2.72 bits per heavy atom. The van der Waals surface area contributed by atoms with Crippen LogP contribution in [0.25, 0.3) is 0 Å². The standard InChI is InChI=1S/C11H16N4O3/c12-7-3-1-2-4-8(7)14-9(16)6-5-13-11(18)15-10(6)17/h5,7-8H,1-4,12H2,(H,14,16)(H2,13,15,17,18)/t7-,8-/m1/s1. The summed E-state index contributed by atoms with van der Waals surface area (Å²) in [5.74, 6) is -0.505. The third-order valence-corrected chi connectivity index (χ3v) is 3.20. The predicted octanol–water partition coefficient (Wildman–Crippen LogP) is -0.937. The van der Waals surface area contributed by atoms with Crippen molar-refractivity contribution < 1.29 is 4.79 Å². The number of aromatic amines is 2. The molecular formula is C11H16N4O3. The lowest BCUT2D eigenvalue weighted by atomic mass is 9.91. The van der Waals surface area contributed by atoms with Gasteiger partial charge in [0.1, 0.15) is 5.56 Å². The quantitative estimate of drug-likeness (QED) is 0.543. The van der Waals surface area contributed by atoms with Crippen molar-refractivity contribution in [2.75, 3.05) is 0 Å². The number of carbonyl (C=O) groups is 1. The first-order chi connectivity index (χ1) is 8.58. The highest BCUT2D eigenvalue weighted by molar-refractivity contribution is 5.93. The summed E-state index contributed by atoms with van der Waals surface area (Å²) >= 11 is 0. The van der Waals surface area contributed by atoms with E-state index in [-0.39, 0.29) is 17.6 Å². The van der Waals surface area contributed by atoms with Crippen molar-refractivity contribution in [3.05, 3.63) is 32.6 Å². The number of nitrogens with one attached hydrogen (secondary N) is 3. The fourth-order valence-corrected chi connectivity index (χ4v) is 2.16. The smallest absolute Gasteiger partial charge is 0.325 e. The Morgan fingerprint density at radius 1 is 1.33 bits per heavy atom. The number of nitrogens with two attached hydrogens (primary N) is 1. The molecule has 0 saturated heterocycles. The zero-order valence-electron chi connectivity index (χ0n) is 9.86. The van der Waals surface area contributed by atoms with E-state index in [2.05, 4.69) is 10.3 Å². The monoisotopic (exact) mass is 252 g/mol. The summed E-state index contributed by atoms with van der Waals surface area (Å²) in [7, 11) is 0. The second-order valence-corrected chi connectivity index (χ2v) is 4.51. The molecule has 0 spiro atoms. The van der Waals surface area contributed by atoms with E-state index in [4.69, 9.17) is 5.73 Å². The first-order valence-electron chi connectivity index (χ1n) is 5.96. The molecule has 18 heavy (non-hydrogen) atoms. The maximum atomic E-state index is 11.9. The Morgan fingerprint density at radius 2 is 2.06 bits per heavy atom. The number of amides is 1. The molecule has 98 valence electrons. The number of rotatable bonds is 2. The van der Waals surface area contributed by atoms with Crippen LogP contribution in [0.4, 0.5) is 0 Å². The fourth-order valence-electron chi connectivity index (χ4n) is 2.16. The minimum absolute atomic E-state index is 0.0791. The van der Waals surface area contributed by atoms with Gasteiger partial charge in [0.2, 0.25) is 0 Å². The van der Waals surface area contributed by atoms with Gasteiger partial charge >= 0.3 is 5.69 Å². The molecule has 0 unspecified atom stereocenters. The van der Waals surface area contributed by atoms with E-state index in [0.717, 1.165) is 31.9 Å². The number of aromatic nitrogens is 2. The van der Waals surface area contributed by atoms with Gasteiger partial charge in [0.15, 0.2) is 0 Å². The van der Waals surface area contributed by atoms with E-state index in [1.165, 1.54) is 0 Å². The zero-order chi connectivity index (χ0) is 13.1. The normalized spacial score (nSPS) is 23.6. The van der Waals surface area contributed by atoms with Crippen LogP contribution in [0.3, 0.4) is 0 Å². The van der Waals surface area contributed by atoms with E-state index in [9.17, 15) is 14.4 Å². The largest absolute Gasteiger partial charge is 0.348 e. The minimum Gasteiger partial charge on any atom is -0.348 e. The number of carbonyl (C=O) groups excluding carboxylic acids is 1. The topological polar surface area (TPSA) is 121 Å². The van der Waals surface area contributed by atoms with Crippen LogP contribution in [0.1, 0.15) is 36.0 Å². The van der Waals surface area contributed by atoms with Gasteiger partial charge in [-0.2, -0.15) is 0 Å². The van der Waals surface area contributed by atoms with Crippen LogP contribution in [-0.2, 0) is 0 Å². The minimum atomic E-state index is -0.694. The second-order valence-electron chi connectivity index (χ2n) is 4.51. The van der Waals surface area contributed by atoms with Crippen LogP contribution < -0.4 is 22.3 Å². The highest BCUT2D eigenvalue weighted by Gasteiger charge is 2.24. The van der Waals surface area contributed by atoms with Gasteiger partial charge < -0.3 is 16.0 Å². The molecule has 1 aliphatic carbocycles. The Bertz CT molecular complexity index is 548. The molecule has 0 aliphatic heterocycles. The van der Waals surface area contributed by atoms with Crippen molar-refractivity contribution in [1.29, 1.82) is 0 Å². The van der Waals surface area contributed by atoms with Crippen LogP contribution in [0.5, 0.6) is 0 Å². The summed E-state index contributed by atoms with van der Waals surface area (Å²) in [5, 5.41) is 2.74. The van der Waals surface area contributed by atoms with Crippen LogP contribution in [0.2, 0.25) is 0 Å². The van der Waals surface area contributed by atoms with Crippen LogP contribution in [0, 0.1) is 0 Å². The first kappa shape index (κ1) is 12.6. The van der Waals surface area contributed by atoms with E-state index in [1.807, 2.05) is 4.98 Å². The molecular weight excluding hydrogens is 236 g/mol. The molecule has 1 saturated carbocycles. The molecule has 7 nitrogen and oxygen atoms in total. The molecule has 2 atom stereocenters. The maximum absolute atomic E-state index is 11.9. The fraction of sp³-hybridized carbons (Fsp3) is 0.545. The highest BCUT2D eigenvalue weighted by atomic mass is 16.2.